The first-order valence-electron chi connectivity index (χ1n) is 12.0. The molecule has 5 nitrogen and oxygen atoms in total. The van der Waals surface area contributed by atoms with Gasteiger partial charge in [0.05, 0.1) is 33.8 Å². The molecule has 0 radical (unpaired) electrons. The molecule has 1 saturated heterocycles. The maximum absolute atomic E-state index is 10.8. The number of aliphatic hydroxyl groups is 1. The number of nitrogens with one attached hydrogen (secondary N) is 1. The average molecular weight is 459 g/mol. The summed E-state index contributed by atoms with van der Waals surface area (Å²) in [6.45, 7) is 2.10. The molecule has 0 saturated carbocycles. The van der Waals surface area contributed by atoms with Gasteiger partial charge < -0.3 is 15.0 Å². The number of aryl methyl sites for hydroxylation is 3. The highest BCUT2D eigenvalue weighted by Crippen LogP contribution is 2.40. The minimum absolute atomic E-state index is 0.113. The molecule has 0 spiro atoms. The van der Waals surface area contributed by atoms with Crippen molar-refractivity contribution in [1.29, 1.82) is 0 Å². The summed E-state index contributed by atoms with van der Waals surface area (Å²) in [6, 6.07) is 17.2. The van der Waals surface area contributed by atoms with Gasteiger partial charge in [0.1, 0.15) is 5.82 Å². The highest BCUT2D eigenvalue weighted by Gasteiger charge is 2.32. The molecule has 33 heavy (non-hydrogen) atoms. The van der Waals surface area contributed by atoms with Crippen LogP contribution in [0.2, 0.25) is 0 Å². The second-order valence-corrected chi connectivity index (χ2v) is 10.9. The third-order valence-corrected chi connectivity index (χ3v) is 8.44. The maximum Gasteiger partial charge on any atom is 0.118 e. The van der Waals surface area contributed by atoms with Gasteiger partial charge in [-0.2, -0.15) is 0 Å². The van der Waals surface area contributed by atoms with E-state index in [0.717, 1.165) is 54.0 Å². The summed E-state index contributed by atoms with van der Waals surface area (Å²) >= 11 is 1.84. The van der Waals surface area contributed by atoms with Crippen molar-refractivity contribution in [3.63, 3.8) is 0 Å². The quantitative estimate of drug-likeness (QED) is 0.450. The molecule has 1 aliphatic carbocycles. The van der Waals surface area contributed by atoms with Crippen LogP contribution in [0.5, 0.6) is 0 Å². The zero-order valence-electron chi connectivity index (χ0n) is 19.2. The molecular formula is C27H30N4OS. The Bertz CT molecular complexity index is 1290. The van der Waals surface area contributed by atoms with E-state index in [9.17, 15) is 5.11 Å². The average Bonchev–Trinajstić information content (AvgIpc) is 3.59. The first kappa shape index (κ1) is 21.0. The molecule has 1 fully saturated rings. The predicted octanol–water partition coefficient (Wildman–Crippen LogP) is 4.81. The normalized spacial score (nSPS) is 23.3. The summed E-state index contributed by atoms with van der Waals surface area (Å²) in [5.41, 5.74) is 5.82. The van der Waals surface area contributed by atoms with Gasteiger partial charge in [-0.3, -0.25) is 0 Å². The fraction of sp³-hybridized carbons (Fsp3) is 0.407. The number of fused-ring (bicyclic) bond motifs is 2. The zero-order valence-corrected chi connectivity index (χ0v) is 20.0. The summed E-state index contributed by atoms with van der Waals surface area (Å²) < 4.78 is 2.28. The predicted molar refractivity (Wildman–Crippen MR) is 133 cm³/mol. The molecule has 3 heterocycles. The molecular weight excluding hydrogens is 428 g/mol. The van der Waals surface area contributed by atoms with Crippen LogP contribution in [0.3, 0.4) is 0 Å². The van der Waals surface area contributed by atoms with Crippen molar-refractivity contribution in [2.45, 2.75) is 63.1 Å². The summed E-state index contributed by atoms with van der Waals surface area (Å²) in [5.74, 6) is 1.44. The van der Waals surface area contributed by atoms with Crippen molar-refractivity contribution in [3.05, 3.63) is 81.1 Å². The van der Waals surface area contributed by atoms with Gasteiger partial charge in [0.2, 0.25) is 0 Å². The van der Waals surface area contributed by atoms with Crippen molar-refractivity contribution >= 4 is 22.4 Å². The molecule has 4 aromatic rings. The lowest BCUT2D eigenvalue weighted by atomic mass is 10.0. The number of rotatable bonds is 5. The van der Waals surface area contributed by atoms with Crippen LogP contribution in [0.4, 0.5) is 0 Å². The fourth-order valence-corrected chi connectivity index (χ4v) is 6.73. The molecule has 2 aliphatic rings. The largest absolute Gasteiger partial charge is 0.387 e. The number of imidazole rings is 1. The maximum atomic E-state index is 10.8. The summed E-state index contributed by atoms with van der Waals surface area (Å²) in [5, 5.41) is 15.6. The van der Waals surface area contributed by atoms with E-state index in [1.54, 1.807) is 0 Å². The topological polar surface area (TPSA) is 63.0 Å². The smallest absolute Gasteiger partial charge is 0.118 e. The Labute approximate surface area is 198 Å². The Morgan fingerprint density at radius 2 is 1.97 bits per heavy atom. The van der Waals surface area contributed by atoms with E-state index in [1.807, 2.05) is 41.7 Å². The van der Waals surface area contributed by atoms with E-state index < -0.39 is 6.10 Å². The third-order valence-electron chi connectivity index (χ3n) is 7.40. The lowest BCUT2D eigenvalue weighted by Gasteiger charge is -2.20. The minimum atomic E-state index is -0.455. The van der Waals surface area contributed by atoms with E-state index in [4.69, 9.17) is 9.97 Å². The molecule has 2 aromatic carbocycles. The van der Waals surface area contributed by atoms with Crippen LogP contribution in [-0.2, 0) is 19.9 Å². The summed E-state index contributed by atoms with van der Waals surface area (Å²) in [4.78, 5) is 11.3. The van der Waals surface area contributed by atoms with Gasteiger partial charge in [0.15, 0.2) is 0 Å². The van der Waals surface area contributed by atoms with E-state index in [-0.39, 0.29) is 6.04 Å². The Balaban J connectivity index is 1.19. The van der Waals surface area contributed by atoms with Crippen LogP contribution in [0.25, 0.3) is 11.0 Å². The minimum Gasteiger partial charge on any atom is -0.387 e. The standard InChI is InChI=1S/C27H30N4OS/c1-16-28-25-20(10-13-24(25)33-16)27-30-21-11-8-17(15-23(21)31(27)2)14-19-9-12-22(29-19)26(32)18-6-4-3-5-7-18/h3-8,11,15,19-20,22,26,29,32H,9-10,12-14H2,1-2H3/t19-,20+,22+,26+/m0/s1. The van der Waals surface area contributed by atoms with Gasteiger partial charge in [0, 0.05) is 24.0 Å². The second-order valence-electron chi connectivity index (χ2n) is 9.59. The molecule has 6 heteroatoms. The molecule has 0 bridgehead atoms. The van der Waals surface area contributed by atoms with Crippen molar-refractivity contribution in [2.75, 3.05) is 0 Å². The number of hydrogen-bond donors (Lipinski definition) is 2. The Kier molecular flexibility index (Phi) is 5.32. The van der Waals surface area contributed by atoms with Crippen LogP contribution >= 0.6 is 11.3 Å². The molecule has 0 amide bonds. The van der Waals surface area contributed by atoms with Crippen LogP contribution in [0.1, 0.15) is 63.8 Å². The lowest BCUT2D eigenvalue weighted by Crippen LogP contribution is -2.35. The van der Waals surface area contributed by atoms with E-state index in [2.05, 4.69) is 42.1 Å². The van der Waals surface area contributed by atoms with E-state index in [1.165, 1.54) is 21.7 Å². The number of aliphatic hydroxyl groups excluding tert-OH is 1. The fourth-order valence-electron chi connectivity index (χ4n) is 5.72. The number of hydrogen-bond acceptors (Lipinski definition) is 5. The monoisotopic (exact) mass is 458 g/mol. The first-order valence-corrected chi connectivity index (χ1v) is 12.8. The highest BCUT2D eigenvalue weighted by molar-refractivity contribution is 7.11. The number of benzene rings is 2. The zero-order chi connectivity index (χ0) is 22.5. The van der Waals surface area contributed by atoms with Gasteiger partial charge >= 0.3 is 0 Å². The highest BCUT2D eigenvalue weighted by atomic mass is 32.1. The Morgan fingerprint density at radius 1 is 1.12 bits per heavy atom. The van der Waals surface area contributed by atoms with Crippen LogP contribution in [0.15, 0.2) is 48.5 Å². The molecule has 6 rings (SSSR count). The van der Waals surface area contributed by atoms with Gasteiger partial charge in [-0.25, -0.2) is 9.97 Å². The number of nitrogens with zero attached hydrogens (tertiary/aromatic N) is 3. The second kappa shape index (κ2) is 8.35. The molecule has 2 N–H and O–H groups in total. The first-order chi connectivity index (χ1) is 16.1. The molecule has 1 aliphatic heterocycles. The molecule has 2 aromatic heterocycles. The SMILES string of the molecule is Cc1nc2c(s1)CC[C@H]2c1nc2ccc(C[C@@H]3CC[C@H]([C@H](O)c4ccccc4)N3)cc2n1C. The van der Waals surface area contributed by atoms with Crippen LogP contribution in [0, 0.1) is 6.92 Å². The third kappa shape index (κ3) is 3.80. The van der Waals surface area contributed by atoms with Crippen LogP contribution in [-0.4, -0.2) is 31.7 Å². The van der Waals surface area contributed by atoms with Gasteiger partial charge in [0.25, 0.3) is 0 Å². The van der Waals surface area contributed by atoms with Crippen molar-refractivity contribution < 1.29 is 5.11 Å². The van der Waals surface area contributed by atoms with E-state index >= 15 is 0 Å². The Hall–Kier alpha value is -2.54. The lowest BCUT2D eigenvalue weighted by molar-refractivity contribution is 0.135. The van der Waals surface area contributed by atoms with E-state index in [0.29, 0.717) is 12.0 Å². The van der Waals surface area contributed by atoms with Gasteiger partial charge in [-0.1, -0.05) is 36.4 Å². The van der Waals surface area contributed by atoms with Crippen molar-refractivity contribution in [1.82, 2.24) is 19.9 Å². The van der Waals surface area contributed by atoms with Crippen LogP contribution < -0.4 is 5.32 Å². The van der Waals surface area contributed by atoms with Gasteiger partial charge in [-0.15, -0.1) is 11.3 Å². The number of aromatic nitrogens is 3. The molecule has 4 atom stereocenters. The Morgan fingerprint density at radius 3 is 2.82 bits per heavy atom. The van der Waals surface area contributed by atoms with Crippen molar-refractivity contribution in [3.8, 4) is 0 Å². The van der Waals surface area contributed by atoms with Gasteiger partial charge in [-0.05, 0) is 62.3 Å². The number of thiazole rings is 1. The molecule has 170 valence electrons. The summed E-state index contributed by atoms with van der Waals surface area (Å²) in [6.07, 6.45) is 4.81. The van der Waals surface area contributed by atoms with Crippen molar-refractivity contribution in [2.24, 2.45) is 7.05 Å². The molecule has 0 unspecified atom stereocenters. The summed E-state index contributed by atoms with van der Waals surface area (Å²) in [7, 11) is 2.14.